The molecule has 2 aromatic heterocycles. The smallest absolute Gasteiger partial charge is 0.155 e. The Kier molecular flexibility index (Phi) is 6.10. The van der Waals surface area contributed by atoms with E-state index in [0.29, 0.717) is 4.48 Å². The van der Waals surface area contributed by atoms with Crippen LogP contribution in [0.1, 0.15) is 18.5 Å². The molecule has 9 aromatic carbocycles. The van der Waals surface area contributed by atoms with Crippen LogP contribution in [0.25, 0.3) is 91.1 Å². The van der Waals surface area contributed by atoms with E-state index < -0.39 is 0 Å². The van der Waals surface area contributed by atoms with Crippen molar-refractivity contribution >= 4 is 97.0 Å². The van der Waals surface area contributed by atoms with Crippen LogP contribution in [0.15, 0.2) is 170 Å². The molecule has 3 heteroatoms. The van der Waals surface area contributed by atoms with E-state index >= 15 is 0 Å². The Morgan fingerprint density at radius 1 is 0.500 bits per heavy atom. The molecule has 2 unspecified atom stereocenters. The Labute approximate surface area is 316 Å². The van der Waals surface area contributed by atoms with Gasteiger partial charge in [0, 0.05) is 59.2 Å². The normalized spacial score (nSPS) is 16.0. The van der Waals surface area contributed by atoms with Gasteiger partial charge in [-0.05, 0) is 58.8 Å². The van der Waals surface area contributed by atoms with Gasteiger partial charge in [-0.1, -0.05) is 133 Å². The van der Waals surface area contributed by atoms with E-state index in [1.165, 1.54) is 108 Å². The molecule has 3 heterocycles. The van der Waals surface area contributed by atoms with E-state index in [-0.39, 0.29) is 6.04 Å². The van der Waals surface area contributed by atoms with Gasteiger partial charge in [0.15, 0.2) is 5.69 Å². The number of thiophene rings is 1. The van der Waals surface area contributed by atoms with Gasteiger partial charge < -0.3 is 4.57 Å². The number of para-hydroxylation sites is 3. The van der Waals surface area contributed by atoms with E-state index in [1.807, 2.05) is 11.3 Å². The van der Waals surface area contributed by atoms with Crippen LogP contribution < -0.4 is 4.48 Å². The molecule has 0 N–H and O–H groups in total. The molecular weight excluding hydrogens is 673 g/mol. The second-order valence-electron chi connectivity index (χ2n) is 15.1. The number of hydrogen-bond acceptors (Lipinski definition) is 1. The molecule has 0 fully saturated rings. The fourth-order valence-electron chi connectivity index (χ4n) is 10.2. The summed E-state index contributed by atoms with van der Waals surface area (Å²) in [7, 11) is 2.49. The molecule has 0 saturated carbocycles. The van der Waals surface area contributed by atoms with Crippen molar-refractivity contribution in [3.63, 3.8) is 0 Å². The highest BCUT2D eigenvalue weighted by molar-refractivity contribution is 7.26. The van der Waals surface area contributed by atoms with E-state index in [4.69, 9.17) is 0 Å². The minimum absolute atomic E-state index is 0.109. The van der Waals surface area contributed by atoms with Crippen LogP contribution in [-0.2, 0) is 0 Å². The summed E-state index contributed by atoms with van der Waals surface area (Å²) in [5.41, 5.74) is 10.5. The fraction of sp³-hybridized carbons (Fsp3) is 0.0588. The highest BCUT2D eigenvalue weighted by Gasteiger charge is 2.49. The molecule has 0 radical (unpaired) electrons. The summed E-state index contributed by atoms with van der Waals surface area (Å²) in [4.78, 5) is 0. The van der Waals surface area contributed by atoms with Gasteiger partial charge in [-0.3, -0.25) is 4.48 Å². The molecule has 0 bridgehead atoms. The van der Waals surface area contributed by atoms with Gasteiger partial charge in [0.05, 0.1) is 29.0 Å². The van der Waals surface area contributed by atoms with Crippen LogP contribution >= 0.6 is 11.3 Å². The number of rotatable bonds is 3. The summed E-state index contributed by atoms with van der Waals surface area (Å²) in [6.45, 7) is 2.47. The quantitative estimate of drug-likeness (QED) is 0.127. The number of fused-ring (bicyclic) bond motifs is 18. The minimum atomic E-state index is 0.109. The zero-order valence-electron chi connectivity index (χ0n) is 30.0. The first-order valence-corrected chi connectivity index (χ1v) is 19.7. The van der Waals surface area contributed by atoms with E-state index in [9.17, 15) is 0 Å². The summed E-state index contributed by atoms with van der Waals surface area (Å²) in [5.74, 6) is 0. The second-order valence-corrected chi connectivity index (χ2v) is 16.1. The molecule has 0 saturated heterocycles. The number of quaternary nitrogens is 1. The molecule has 12 rings (SSSR count). The third-order valence-electron chi connectivity index (χ3n) is 12.6. The topological polar surface area (TPSA) is 4.93 Å². The lowest BCUT2D eigenvalue weighted by molar-refractivity contribution is 0.379. The highest BCUT2D eigenvalue weighted by Crippen LogP contribution is 2.64. The number of nitrogens with zero attached hydrogens (tertiary/aromatic N) is 2. The van der Waals surface area contributed by atoms with E-state index in [2.05, 4.69) is 188 Å². The van der Waals surface area contributed by atoms with Crippen molar-refractivity contribution in [3.05, 3.63) is 175 Å². The van der Waals surface area contributed by atoms with Crippen LogP contribution in [0.5, 0.6) is 0 Å². The first kappa shape index (κ1) is 30.2. The van der Waals surface area contributed by atoms with Gasteiger partial charge >= 0.3 is 0 Å². The second kappa shape index (κ2) is 10.9. The third kappa shape index (κ3) is 3.73. The van der Waals surface area contributed by atoms with E-state index in [1.54, 1.807) is 0 Å². The zero-order chi connectivity index (χ0) is 35.7. The fourth-order valence-corrected chi connectivity index (χ4v) is 11.5. The van der Waals surface area contributed by atoms with Crippen LogP contribution in [0.2, 0.25) is 0 Å². The lowest BCUT2D eigenvalue weighted by Gasteiger charge is -2.38. The summed E-state index contributed by atoms with van der Waals surface area (Å²) < 4.78 is 5.94. The number of hydrogen-bond donors (Lipinski definition) is 0. The SMILES string of the molecule is CC(c1cccc2c1sc1ccccc12)[N+]1(C)c2ccccc2-c2c1c1c3ccccc3c3ccccc3c1c1c2c2ccccc2n1-c1ccccc1. The van der Waals surface area contributed by atoms with Crippen LogP contribution in [0, 0.1) is 0 Å². The van der Waals surface area contributed by atoms with Crippen molar-refractivity contribution in [2.24, 2.45) is 0 Å². The maximum absolute atomic E-state index is 2.54. The van der Waals surface area contributed by atoms with E-state index in [0.717, 1.165) is 0 Å². The predicted molar refractivity (Wildman–Crippen MR) is 234 cm³/mol. The minimum Gasteiger partial charge on any atom is -0.309 e. The van der Waals surface area contributed by atoms with Gasteiger partial charge in [-0.2, -0.15) is 0 Å². The summed E-state index contributed by atoms with van der Waals surface area (Å²) in [5, 5.41) is 13.2. The van der Waals surface area contributed by atoms with Gasteiger partial charge in [0.2, 0.25) is 0 Å². The molecule has 0 aliphatic carbocycles. The molecule has 1 aliphatic heterocycles. The summed E-state index contributed by atoms with van der Waals surface area (Å²) in [6, 6.07) is 63.5. The molecular formula is C51H35N2S+. The molecule has 1 aliphatic rings. The average molecular weight is 708 g/mol. The molecule has 0 spiro atoms. The Bertz CT molecular complexity index is 3370. The number of aromatic nitrogens is 1. The molecule has 254 valence electrons. The Hall–Kier alpha value is -6.26. The lowest BCUT2D eigenvalue weighted by atomic mass is 9.88. The molecule has 2 nitrogen and oxygen atoms in total. The van der Waals surface area contributed by atoms with Gasteiger partial charge in [-0.15, -0.1) is 11.3 Å². The van der Waals surface area contributed by atoms with Gasteiger partial charge in [-0.25, -0.2) is 0 Å². The van der Waals surface area contributed by atoms with Gasteiger partial charge in [0.1, 0.15) is 11.7 Å². The summed E-state index contributed by atoms with van der Waals surface area (Å²) in [6.07, 6.45) is 0. The Morgan fingerprint density at radius 3 is 1.87 bits per heavy atom. The molecule has 54 heavy (non-hydrogen) atoms. The Balaban J connectivity index is 1.35. The highest BCUT2D eigenvalue weighted by atomic mass is 32.1. The standard InChI is InChI=1S/C51H35N2S/c1-31(33-26-16-27-39-36-21-12-15-30-44(36)54-51(33)39)53(2)43-29-14-11-25-41(43)48-46-40-24-10-13-28-42(40)52(32-17-4-3-5-18-32)49(46)45-37-22-8-6-19-34(37)35-20-7-9-23-38(35)47(45)50(48)53/h3-31H,1-2H3/q+1. The maximum Gasteiger partial charge on any atom is 0.155 e. The van der Waals surface area contributed by atoms with Crippen LogP contribution in [0.3, 0.4) is 0 Å². The first-order chi connectivity index (χ1) is 26.6. The average Bonchev–Trinajstić information content (AvgIpc) is 3.87. The Morgan fingerprint density at radius 2 is 1.09 bits per heavy atom. The molecule has 11 aromatic rings. The van der Waals surface area contributed by atoms with Crippen molar-refractivity contribution in [3.8, 4) is 16.8 Å². The maximum atomic E-state index is 2.54. The zero-order valence-corrected chi connectivity index (χ0v) is 30.9. The van der Waals surface area contributed by atoms with Crippen molar-refractivity contribution in [2.45, 2.75) is 13.0 Å². The lowest BCUT2D eigenvalue weighted by Crippen LogP contribution is -2.40. The van der Waals surface area contributed by atoms with Crippen molar-refractivity contribution in [1.29, 1.82) is 0 Å². The van der Waals surface area contributed by atoms with Gasteiger partial charge in [0.25, 0.3) is 0 Å². The predicted octanol–water partition coefficient (Wildman–Crippen LogP) is 14.6. The van der Waals surface area contributed by atoms with Crippen molar-refractivity contribution in [1.82, 2.24) is 9.05 Å². The molecule has 0 amide bonds. The molecule has 2 atom stereocenters. The third-order valence-corrected chi connectivity index (χ3v) is 13.8. The largest absolute Gasteiger partial charge is 0.309 e. The number of benzene rings is 9. The van der Waals surface area contributed by atoms with Crippen molar-refractivity contribution < 1.29 is 0 Å². The monoisotopic (exact) mass is 707 g/mol. The van der Waals surface area contributed by atoms with Crippen molar-refractivity contribution in [2.75, 3.05) is 7.05 Å². The first-order valence-electron chi connectivity index (χ1n) is 18.9. The summed E-state index contributed by atoms with van der Waals surface area (Å²) >= 11 is 1.94. The van der Waals surface area contributed by atoms with Crippen LogP contribution in [0.4, 0.5) is 11.4 Å². The van der Waals surface area contributed by atoms with Crippen LogP contribution in [-0.4, -0.2) is 11.6 Å².